The number of carbonyl (C=O) groups is 1. The van der Waals surface area contributed by atoms with Crippen molar-refractivity contribution in [3.8, 4) is 0 Å². The smallest absolute Gasteiger partial charge is 0.225 e. The van der Waals surface area contributed by atoms with Crippen molar-refractivity contribution < 1.29 is 9.18 Å². The van der Waals surface area contributed by atoms with Crippen molar-refractivity contribution >= 4 is 12.1 Å². The van der Waals surface area contributed by atoms with Gasteiger partial charge in [-0.1, -0.05) is 12.1 Å². The first-order valence-corrected chi connectivity index (χ1v) is 3.04. The van der Waals surface area contributed by atoms with Crippen molar-refractivity contribution in [1.29, 1.82) is 0 Å². The van der Waals surface area contributed by atoms with E-state index in [9.17, 15) is 9.18 Å². The van der Waals surface area contributed by atoms with Crippen LogP contribution in [0.1, 0.15) is 0 Å². The summed E-state index contributed by atoms with van der Waals surface area (Å²) in [7, 11) is 0. The molecular weight excluding hydrogens is 147 g/mol. The van der Waals surface area contributed by atoms with Gasteiger partial charge in [-0.05, 0) is 12.1 Å². The van der Waals surface area contributed by atoms with E-state index >= 15 is 0 Å². The van der Waals surface area contributed by atoms with Gasteiger partial charge < -0.3 is 0 Å². The van der Waals surface area contributed by atoms with Crippen LogP contribution in [0.3, 0.4) is 0 Å². The fraction of sp³-hybridized carbons (Fsp3) is 0. The predicted molar refractivity (Wildman–Crippen MR) is 39.2 cm³/mol. The van der Waals surface area contributed by atoms with Gasteiger partial charge in [-0.25, -0.2) is 4.39 Å². The summed E-state index contributed by atoms with van der Waals surface area (Å²) in [4.78, 5) is 9.79. The molecule has 11 heavy (non-hydrogen) atoms. The maximum atomic E-state index is 12.7. The van der Waals surface area contributed by atoms with Gasteiger partial charge in [0.05, 0.1) is 5.69 Å². The molecule has 0 aliphatic rings. The number of rotatable bonds is 3. The average Bonchev–Trinajstić information content (AvgIpc) is 2.03. The van der Waals surface area contributed by atoms with E-state index in [1.807, 2.05) is 0 Å². The monoisotopic (exact) mass is 154 g/mol. The van der Waals surface area contributed by atoms with Crippen LogP contribution in [0, 0.1) is 5.82 Å². The van der Waals surface area contributed by atoms with Gasteiger partial charge in [0.25, 0.3) is 0 Å². The summed E-state index contributed by atoms with van der Waals surface area (Å²) in [6.07, 6.45) is 0.437. The molecule has 1 aromatic rings. The Kier molecular flexibility index (Phi) is 2.43. The topological polar surface area (TPSA) is 41.1 Å². The Morgan fingerprint density at radius 2 is 2.09 bits per heavy atom. The summed E-state index contributed by atoms with van der Waals surface area (Å²) in [5, 5.41) is 0. The van der Waals surface area contributed by atoms with E-state index in [-0.39, 0.29) is 5.69 Å². The summed E-state index contributed by atoms with van der Waals surface area (Å²) in [5.74, 6) is -0.401. The van der Waals surface area contributed by atoms with Gasteiger partial charge in [0.2, 0.25) is 6.41 Å². The second-order valence-corrected chi connectivity index (χ2v) is 1.87. The third kappa shape index (κ3) is 1.93. The number of hydrogen-bond acceptors (Lipinski definition) is 2. The van der Waals surface area contributed by atoms with E-state index in [1.54, 1.807) is 12.1 Å². The molecule has 0 heterocycles. The summed E-state index contributed by atoms with van der Waals surface area (Å²) >= 11 is 0. The van der Waals surface area contributed by atoms with Crippen molar-refractivity contribution in [2.45, 2.75) is 0 Å². The second kappa shape index (κ2) is 3.55. The van der Waals surface area contributed by atoms with Crippen LogP contribution in [0.5, 0.6) is 0 Å². The lowest BCUT2D eigenvalue weighted by atomic mass is 10.3. The molecule has 0 bridgehead atoms. The van der Waals surface area contributed by atoms with E-state index in [0.717, 1.165) is 0 Å². The lowest BCUT2D eigenvalue weighted by Gasteiger charge is -2.03. The van der Waals surface area contributed by atoms with Crippen LogP contribution in [0.2, 0.25) is 0 Å². The molecule has 0 radical (unpaired) electrons. The lowest BCUT2D eigenvalue weighted by Crippen LogP contribution is -2.19. The average molecular weight is 154 g/mol. The van der Waals surface area contributed by atoms with Crippen LogP contribution in [0.15, 0.2) is 24.3 Å². The zero-order valence-electron chi connectivity index (χ0n) is 5.67. The largest absolute Gasteiger partial charge is 0.296 e. The Bertz CT molecular complexity index is 252. The number of hydrazine groups is 1. The molecule has 1 aromatic carbocycles. The lowest BCUT2D eigenvalue weighted by molar-refractivity contribution is -0.109. The standard InChI is InChI=1S/C7H7FN2O/c8-6-3-1-2-4-7(6)10-9-5-11/h1-5,10H,(H,9,11). The first kappa shape index (κ1) is 7.53. The SMILES string of the molecule is O=CNNc1ccccc1F. The van der Waals surface area contributed by atoms with Gasteiger partial charge in [-0.15, -0.1) is 0 Å². The molecule has 0 fully saturated rings. The van der Waals surface area contributed by atoms with Gasteiger partial charge in [0, 0.05) is 0 Å². The van der Waals surface area contributed by atoms with Gasteiger partial charge in [0.15, 0.2) is 0 Å². The second-order valence-electron chi connectivity index (χ2n) is 1.87. The van der Waals surface area contributed by atoms with Gasteiger partial charge in [-0.3, -0.25) is 15.6 Å². The number of benzene rings is 1. The van der Waals surface area contributed by atoms with Crippen molar-refractivity contribution in [1.82, 2.24) is 5.43 Å². The number of halogens is 1. The zero-order valence-corrected chi connectivity index (χ0v) is 5.67. The minimum atomic E-state index is -0.401. The van der Waals surface area contributed by atoms with E-state index in [4.69, 9.17) is 0 Å². The third-order valence-corrected chi connectivity index (χ3v) is 1.14. The highest BCUT2D eigenvalue weighted by atomic mass is 19.1. The highest BCUT2D eigenvalue weighted by Gasteiger charge is 1.96. The Morgan fingerprint density at radius 3 is 2.73 bits per heavy atom. The molecule has 58 valence electrons. The Morgan fingerprint density at radius 1 is 1.36 bits per heavy atom. The van der Waals surface area contributed by atoms with Crippen LogP contribution in [0.25, 0.3) is 0 Å². The first-order chi connectivity index (χ1) is 5.34. The number of para-hydroxylation sites is 1. The molecule has 0 saturated carbocycles. The maximum Gasteiger partial charge on any atom is 0.225 e. The molecule has 0 unspecified atom stereocenters. The molecule has 0 aliphatic carbocycles. The van der Waals surface area contributed by atoms with Crippen molar-refractivity contribution in [3.63, 3.8) is 0 Å². The van der Waals surface area contributed by atoms with Crippen LogP contribution in [0.4, 0.5) is 10.1 Å². The van der Waals surface area contributed by atoms with Crippen LogP contribution in [-0.2, 0) is 4.79 Å². The first-order valence-electron chi connectivity index (χ1n) is 3.04. The number of anilines is 1. The molecule has 0 atom stereocenters. The Labute approximate surface area is 63.2 Å². The zero-order chi connectivity index (χ0) is 8.10. The summed E-state index contributed by atoms with van der Waals surface area (Å²) in [5.41, 5.74) is 4.75. The fourth-order valence-corrected chi connectivity index (χ4v) is 0.670. The quantitative estimate of drug-likeness (QED) is 0.501. The summed E-state index contributed by atoms with van der Waals surface area (Å²) in [6.45, 7) is 0. The molecule has 4 heteroatoms. The molecule has 0 saturated heterocycles. The fourth-order valence-electron chi connectivity index (χ4n) is 0.670. The number of carbonyl (C=O) groups excluding carboxylic acids is 1. The van der Waals surface area contributed by atoms with Crippen LogP contribution >= 0.6 is 0 Å². The highest BCUT2D eigenvalue weighted by molar-refractivity contribution is 5.53. The minimum Gasteiger partial charge on any atom is -0.296 e. The normalized spacial score (nSPS) is 8.82. The number of hydrogen-bond donors (Lipinski definition) is 2. The van der Waals surface area contributed by atoms with E-state index < -0.39 is 5.82 Å². The molecular formula is C7H7FN2O. The molecule has 0 aromatic heterocycles. The van der Waals surface area contributed by atoms with E-state index in [1.165, 1.54) is 12.1 Å². The van der Waals surface area contributed by atoms with Crippen LogP contribution in [-0.4, -0.2) is 6.41 Å². The van der Waals surface area contributed by atoms with Gasteiger partial charge in [0.1, 0.15) is 5.82 Å². The van der Waals surface area contributed by atoms with E-state index in [0.29, 0.717) is 6.41 Å². The Hall–Kier alpha value is -1.58. The predicted octanol–water partition coefficient (Wildman–Crippen LogP) is 0.899. The number of nitrogens with one attached hydrogen (secondary N) is 2. The van der Waals surface area contributed by atoms with Crippen molar-refractivity contribution in [3.05, 3.63) is 30.1 Å². The summed E-state index contributed by atoms with van der Waals surface area (Å²) in [6, 6.07) is 6.06. The summed E-state index contributed by atoms with van der Waals surface area (Å²) < 4.78 is 12.7. The molecule has 3 nitrogen and oxygen atoms in total. The molecule has 1 amide bonds. The molecule has 0 spiro atoms. The highest BCUT2D eigenvalue weighted by Crippen LogP contribution is 2.10. The van der Waals surface area contributed by atoms with Gasteiger partial charge in [-0.2, -0.15) is 0 Å². The minimum absolute atomic E-state index is 0.250. The Balaban J connectivity index is 2.69. The molecule has 0 aliphatic heterocycles. The van der Waals surface area contributed by atoms with Crippen molar-refractivity contribution in [2.24, 2.45) is 0 Å². The van der Waals surface area contributed by atoms with Gasteiger partial charge >= 0.3 is 0 Å². The maximum absolute atomic E-state index is 12.7. The molecule has 1 rings (SSSR count). The van der Waals surface area contributed by atoms with E-state index in [2.05, 4.69) is 10.9 Å². The van der Waals surface area contributed by atoms with Crippen molar-refractivity contribution in [2.75, 3.05) is 5.43 Å². The number of amides is 1. The molecule has 2 N–H and O–H groups in total. The third-order valence-electron chi connectivity index (χ3n) is 1.14. The van der Waals surface area contributed by atoms with Crippen LogP contribution < -0.4 is 10.9 Å².